The Hall–Kier alpha value is -3.29. The van der Waals surface area contributed by atoms with Gasteiger partial charge >= 0.3 is 0 Å². The number of likely N-dealkylation sites (N-methyl/N-ethyl adjacent to an activating group) is 1. The lowest BCUT2D eigenvalue weighted by molar-refractivity contribution is 0.253. The molecule has 3 N–H and O–H groups in total. The predicted molar refractivity (Wildman–Crippen MR) is 122 cm³/mol. The number of fused-ring (bicyclic) bond motifs is 1. The van der Waals surface area contributed by atoms with E-state index in [0.29, 0.717) is 18.3 Å². The molecule has 4 aromatic rings. The predicted octanol–water partition coefficient (Wildman–Crippen LogP) is 3.22. The van der Waals surface area contributed by atoms with Crippen molar-refractivity contribution in [3.8, 4) is 22.4 Å². The Balaban J connectivity index is 1.62. The Morgan fingerprint density at radius 2 is 1.77 bits per heavy atom. The van der Waals surface area contributed by atoms with E-state index in [1.165, 1.54) is 12.0 Å². The summed E-state index contributed by atoms with van der Waals surface area (Å²) in [5.41, 5.74) is 11.4. The van der Waals surface area contributed by atoms with Crippen LogP contribution in [0.5, 0.6) is 0 Å². The summed E-state index contributed by atoms with van der Waals surface area (Å²) < 4.78 is 1.70. The minimum Gasteiger partial charge on any atom is -0.395 e. The van der Waals surface area contributed by atoms with Crippen molar-refractivity contribution in [2.24, 2.45) is 5.73 Å². The number of aliphatic hydroxyl groups is 1. The van der Waals surface area contributed by atoms with Crippen molar-refractivity contribution in [1.82, 2.24) is 19.6 Å². The van der Waals surface area contributed by atoms with Gasteiger partial charge in [-0.05, 0) is 30.4 Å². The SMILES string of the molecule is CN(CCO)c1nc2nc(-c3ccc(C4(N)CCC4)cc3)c(-c3ccccc3)cn2n1. The zero-order chi connectivity index (χ0) is 21.4. The van der Waals surface area contributed by atoms with Gasteiger partial charge < -0.3 is 15.7 Å². The smallest absolute Gasteiger partial charge is 0.254 e. The van der Waals surface area contributed by atoms with Gasteiger partial charge in [0.15, 0.2) is 0 Å². The third kappa shape index (κ3) is 3.56. The van der Waals surface area contributed by atoms with Crippen molar-refractivity contribution >= 4 is 11.7 Å². The molecule has 0 unspecified atom stereocenters. The molecule has 31 heavy (non-hydrogen) atoms. The van der Waals surface area contributed by atoms with Crippen LogP contribution in [0.3, 0.4) is 0 Å². The molecule has 0 spiro atoms. The maximum Gasteiger partial charge on any atom is 0.254 e. The molecule has 2 heterocycles. The third-order valence-electron chi connectivity index (χ3n) is 6.16. The van der Waals surface area contributed by atoms with Crippen LogP contribution in [0.25, 0.3) is 28.2 Å². The summed E-state index contributed by atoms with van der Waals surface area (Å²) in [5, 5.41) is 13.8. The van der Waals surface area contributed by atoms with Crippen molar-refractivity contribution in [1.29, 1.82) is 0 Å². The molecule has 0 aliphatic heterocycles. The second-order valence-electron chi connectivity index (χ2n) is 8.26. The van der Waals surface area contributed by atoms with Gasteiger partial charge in [-0.2, -0.15) is 4.98 Å². The highest BCUT2D eigenvalue weighted by Crippen LogP contribution is 2.39. The fourth-order valence-corrected chi connectivity index (χ4v) is 4.08. The van der Waals surface area contributed by atoms with Gasteiger partial charge in [0, 0.05) is 36.5 Å². The Labute approximate surface area is 181 Å². The minimum atomic E-state index is -0.183. The molecule has 1 aliphatic carbocycles. The van der Waals surface area contributed by atoms with Crippen LogP contribution in [-0.4, -0.2) is 44.9 Å². The summed E-state index contributed by atoms with van der Waals surface area (Å²) in [6.45, 7) is 0.493. The second kappa shape index (κ2) is 7.76. The van der Waals surface area contributed by atoms with Gasteiger partial charge in [0.05, 0.1) is 12.3 Å². The van der Waals surface area contributed by atoms with E-state index in [9.17, 15) is 5.11 Å². The lowest BCUT2D eigenvalue weighted by Crippen LogP contribution is -2.43. The number of benzene rings is 2. The Kier molecular flexibility index (Phi) is 4.92. The number of aromatic nitrogens is 4. The van der Waals surface area contributed by atoms with Crippen molar-refractivity contribution < 1.29 is 5.11 Å². The van der Waals surface area contributed by atoms with Crippen LogP contribution in [0.4, 0.5) is 5.95 Å². The first-order valence-electron chi connectivity index (χ1n) is 10.6. The van der Waals surface area contributed by atoms with Crippen molar-refractivity contribution in [2.45, 2.75) is 24.8 Å². The first-order valence-corrected chi connectivity index (χ1v) is 10.6. The normalized spacial score (nSPS) is 15.1. The number of aliphatic hydroxyl groups excluding tert-OH is 1. The van der Waals surface area contributed by atoms with E-state index in [1.54, 1.807) is 4.52 Å². The van der Waals surface area contributed by atoms with E-state index in [-0.39, 0.29) is 12.1 Å². The van der Waals surface area contributed by atoms with Crippen LogP contribution >= 0.6 is 0 Å². The van der Waals surface area contributed by atoms with Gasteiger partial charge in [0.1, 0.15) is 0 Å². The molecule has 0 radical (unpaired) electrons. The maximum absolute atomic E-state index is 9.23. The zero-order valence-corrected chi connectivity index (χ0v) is 17.6. The molecule has 5 rings (SSSR count). The fraction of sp³-hybridized carbons (Fsp3) is 0.292. The highest BCUT2D eigenvalue weighted by molar-refractivity contribution is 5.81. The number of nitrogens with two attached hydrogens (primary N) is 1. The van der Waals surface area contributed by atoms with Crippen LogP contribution in [-0.2, 0) is 5.54 Å². The molecule has 1 fully saturated rings. The first-order chi connectivity index (χ1) is 15.1. The Bertz CT molecular complexity index is 1200. The van der Waals surface area contributed by atoms with Crippen molar-refractivity contribution in [3.05, 3.63) is 66.4 Å². The molecule has 7 heteroatoms. The van der Waals surface area contributed by atoms with E-state index in [4.69, 9.17) is 10.7 Å². The molecule has 2 aromatic carbocycles. The van der Waals surface area contributed by atoms with Gasteiger partial charge in [-0.25, -0.2) is 9.50 Å². The summed E-state index contributed by atoms with van der Waals surface area (Å²) in [5.74, 6) is 1.05. The number of nitrogens with zero attached hydrogens (tertiary/aromatic N) is 5. The average molecular weight is 415 g/mol. The van der Waals surface area contributed by atoms with Crippen LogP contribution < -0.4 is 10.6 Å². The summed E-state index contributed by atoms with van der Waals surface area (Å²) in [4.78, 5) is 11.3. The first kappa shape index (κ1) is 19.7. The lowest BCUT2D eigenvalue weighted by Gasteiger charge is -2.38. The quantitative estimate of drug-likeness (QED) is 0.503. The maximum atomic E-state index is 9.23. The molecule has 1 aliphatic rings. The van der Waals surface area contributed by atoms with E-state index in [2.05, 4.69) is 46.5 Å². The van der Waals surface area contributed by atoms with Gasteiger partial charge in [-0.1, -0.05) is 54.6 Å². The molecule has 0 atom stereocenters. The van der Waals surface area contributed by atoms with Crippen LogP contribution in [0.15, 0.2) is 60.8 Å². The third-order valence-corrected chi connectivity index (χ3v) is 6.16. The number of hydrogen-bond acceptors (Lipinski definition) is 6. The molecule has 0 amide bonds. The Morgan fingerprint density at radius 1 is 1.03 bits per heavy atom. The van der Waals surface area contributed by atoms with Crippen LogP contribution in [0.2, 0.25) is 0 Å². The van der Waals surface area contributed by atoms with Gasteiger partial charge in [-0.15, -0.1) is 5.10 Å². The molecule has 2 aromatic heterocycles. The standard InChI is InChI=1S/C24H26N6O/c1-29(14-15-31)23-27-22-26-21(18-8-10-19(11-9-18)24(25)12-5-13-24)20(16-30(22)28-23)17-6-3-2-4-7-17/h2-4,6-11,16,31H,5,12-15,25H2,1H3. The molecular weight excluding hydrogens is 388 g/mol. The highest BCUT2D eigenvalue weighted by Gasteiger charge is 2.34. The molecular formula is C24H26N6O. The van der Waals surface area contributed by atoms with E-state index in [0.717, 1.165) is 35.2 Å². The van der Waals surface area contributed by atoms with Gasteiger partial charge in [0.25, 0.3) is 5.78 Å². The molecule has 0 saturated heterocycles. The van der Waals surface area contributed by atoms with Gasteiger partial charge in [-0.3, -0.25) is 0 Å². The van der Waals surface area contributed by atoms with Crippen molar-refractivity contribution in [3.63, 3.8) is 0 Å². The average Bonchev–Trinajstić information content (AvgIpc) is 3.21. The van der Waals surface area contributed by atoms with Crippen molar-refractivity contribution in [2.75, 3.05) is 25.1 Å². The monoisotopic (exact) mass is 414 g/mol. The topological polar surface area (TPSA) is 92.6 Å². The van der Waals surface area contributed by atoms with Gasteiger partial charge in [0.2, 0.25) is 5.95 Å². The number of anilines is 1. The molecule has 1 saturated carbocycles. The largest absolute Gasteiger partial charge is 0.395 e. The lowest BCUT2D eigenvalue weighted by atomic mass is 9.72. The van der Waals surface area contributed by atoms with E-state index < -0.39 is 0 Å². The number of rotatable bonds is 6. The fourth-order valence-electron chi connectivity index (χ4n) is 4.08. The van der Waals surface area contributed by atoms with E-state index in [1.807, 2.05) is 36.3 Å². The number of hydrogen-bond donors (Lipinski definition) is 2. The molecule has 0 bridgehead atoms. The second-order valence-corrected chi connectivity index (χ2v) is 8.26. The molecule has 7 nitrogen and oxygen atoms in total. The summed E-state index contributed by atoms with van der Waals surface area (Å²) in [7, 11) is 1.85. The van der Waals surface area contributed by atoms with Crippen LogP contribution in [0, 0.1) is 0 Å². The Morgan fingerprint density at radius 3 is 2.42 bits per heavy atom. The zero-order valence-electron chi connectivity index (χ0n) is 17.6. The summed E-state index contributed by atoms with van der Waals surface area (Å²) in [6, 6.07) is 18.6. The highest BCUT2D eigenvalue weighted by atomic mass is 16.3. The molecule has 158 valence electrons. The minimum absolute atomic E-state index is 0.0367. The van der Waals surface area contributed by atoms with Crippen LogP contribution in [0.1, 0.15) is 24.8 Å². The van der Waals surface area contributed by atoms with E-state index >= 15 is 0 Å². The summed E-state index contributed by atoms with van der Waals surface area (Å²) in [6.07, 6.45) is 5.24. The summed E-state index contributed by atoms with van der Waals surface area (Å²) >= 11 is 0.